The molecule has 1 saturated carbocycles. The summed E-state index contributed by atoms with van der Waals surface area (Å²) in [6.45, 7) is 0. The van der Waals surface area contributed by atoms with Crippen LogP contribution in [0.2, 0.25) is 5.02 Å². The second-order valence-corrected chi connectivity index (χ2v) is 4.04. The van der Waals surface area contributed by atoms with Gasteiger partial charge in [-0.15, -0.1) is 0 Å². The lowest BCUT2D eigenvalue weighted by molar-refractivity contribution is -0.119. The van der Waals surface area contributed by atoms with E-state index in [2.05, 4.69) is 10.0 Å². The van der Waals surface area contributed by atoms with E-state index in [-0.39, 0.29) is 16.9 Å². The summed E-state index contributed by atoms with van der Waals surface area (Å²) in [4.78, 5) is 13.9. The molecule has 2 atom stereocenters. The summed E-state index contributed by atoms with van der Waals surface area (Å²) in [5, 5.41) is 3.17. The zero-order chi connectivity index (χ0) is 11.7. The first-order valence-electron chi connectivity index (χ1n) is 4.70. The summed E-state index contributed by atoms with van der Waals surface area (Å²) < 4.78 is 13.6. The number of benzene rings is 1. The van der Waals surface area contributed by atoms with E-state index >= 15 is 0 Å². The third kappa shape index (κ3) is 1.87. The Labute approximate surface area is 95.6 Å². The Kier molecular flexibility index (Phi) is 2.81. The molecule has 0 aromatic heterocycles. The van der Waals surface area contributed by atoms with Crippen LogP contribution in [0.25, 0.3) is 0 Å². The monoisotopic (exact) mass is 240 g/mol. The van der Waals surface area contributed by atoms with Gasteiger partial charge in [0.25, 0.3) is 0 Å². The van der Waals surface area contributed by atoms with Gasteiger partial charge in [0.1, 0.15) is 11.3 Å². The molecule has 16 heavy (non-hydrogen) atoms. The van der Waals surface area contributed by atoms with Crippen LogP contribution in [-0.4, -0.2) is 5.91 Å². The minimum atomic E-state index is -0.479. The summed E-state index contributed by atoms with van der Waals surface area (Å²) in [7, 11) is 0. The van der Waals surface area contributed by atoms with E-state index in [0.29, 0.717) is 12.0 Å². The molecular weight excluding hydrogens is 233 g/mol. The van der Waals surface area contributed by atoms with Gasteiger partial charge in [-0.2, -0.15) is 0 Å². The lowest BCUT2D eigenvalue weighted by Crippen LogP contribution is -1.99. The van der Waals surface area contributed by atoms with Crippen molar-refractivity contribution >= 4 is 17.5 Å². The summed E-state index contributed by atoms with van der Waals surface area (Å²) in [5.74, 6) is -1.49. The Morgan fingerprint density at radius 1 is 1.62 bits per heavy atom. The van der Waals surface area contributed by atoms with Crippen LogP contribution in [0.1, 0.15) is 17.9 Å². The molecule has 0 aliphatic heterocycles. The number of carbonyl (C=O) groups is 1. The van der Waals surface area contributed by atoms with Crippen molar-refractivity contribution in [2.75, 3.05) is 0 Å². The third-order valence-corrected chi connectivity index (χ3v) is 2.93. The van der Waals surface area contributed by atoms with E-state index in [1.807, 2.05) is 0 Å². The van der Waals surface area contributed by atoms with Gasteiger partial charge >= 0.3 is 5.91 Å². The van der Waals surface area contributed by atoms with Crippen molar-refractivity contribution in [1.82, 2.24) is 4.91 Å². The van der Waals surface area contributed by atoms with E-state index in [1.165, 1.54) is 6.07 Å². The Balaban J connectivity index is 2.20. The molecule has 2 unspecified atom stereocenters. The molecule has 1 N–H and O–H groups in total. The minimum absolute atomic E-state index is 0.0534. The highest BCUT2D eigenvalue weighted by atomic mass is 35.5. The second kappa shape index (κ2) is 4.12. The molecule has 1 aromatic rings. The number of hydrogen-bond donors (Lipinski definition) is 1. The maximum Gasteiger partial charge on any atom is 0.333 e. The molecular formula is C10H8ClFN3O+. The first-order chi connectivity index (χ1) is 7.65. The van der Waals surface area contributed by atoms with Crippen LogP contribution in [0.4, 0.5) is 4.39 Å². The lowest BCUT2D eigenvalue weighted by atomic mass is 10.1. The van der Waals surface area contributed by atoms with Crippen LogP contribution in [0, 0.1) is 17.3 Å². The van der Waals surface area contributed by atoms with Crippen LogP contribution in [0.15, 0.2) is 23.3 Å². The number of amides is 1. The number of hydrogen-bond acceptors (Lipinski definition) is 2. The van der Waals surface area contributed by atoms with Gasteiger partial charge in [-0.1, -0.05) is 23.7 Å². The van der Waals surface area contributed by atoms with Crippen molar-refractivity contribution in [3.8, 4) is 0 Å². The van der Waals surface area contributed by atoms with Gasteiger partial charge in [-0.25, -0.2) is 4.39 Å². The molecule has 1 aromatic carbocycles. The SMILES string of the molecule is N=[N+]=NC(=O)C1CC1c1cccc(Cl)c1F. The van der Waals surface area contributed by atoms with Crippen molar-refractivity contribution in [1.29, 1.82) is 5.53 Å². The quantitative estimate of drug-likeness (QED) is 0.627. The zero-order valence-corrected chi connectivity index (χ0v) is 8.91. The molecule has 4 nitrogen and oxygen atoms in total. The van der Waals surface area contributed by atoms with Crippen LogP contribution >= 0.6 is 11.6 Å². The maximum absolute atomic E-state index is 13.6. The molecule has 0 heterocycles. The van der Waals surface area contributed by atoms with E-state index in [9.17, 15) is 9.18 Å². The fraction of sp³-hybridized carbons (Fsp3) is 0.300. The normalized spacial score (nSPS) is 22.4. The molecule has 0 radical (unpaired) electrons. The van der Waals surface area contributed by atoms with Crippen molar-refractivity contribution in [2.24, 2.45) is 11.0 Å². The molecule has 1 amide bonds. The summed E-state index contributed by atoms with van der Waals surface area (Å²) in [5.41, 5.74) is 6.88. The predicted molar refractivity (Wildman–Crippen MR) is 54.5 cm³/mol. The Morgan fingerprint density at radius 2 is 2.38 bits per heavy atom. The van der Waals surface area contributed by atoms with Crippen molar-refractivity contribution in [3.63, 3.8) is 0 Å². The van der Waals surface area contributed by atoms with Gasteiger partial charge in [0, 0.05) is 0 Å². The molecule has 1 aliphatic rings. The van der Waals surface area contributed by atoms with Crippen molar-refractivity contribution in [3.05, 3.63) is 34.6 Å². The van der Waals surface area contributed by atoms with Gasteiger partial charge in [0.05, 0.1) is 10.9 Å². The van der Waals surface area contributed by atoms with Crippen molar-refractivity contribution in [2.45, 2.75) is 12.3 Å². The maximum atomic E-state index is 13.6. The van der Waals surface area contributed by atoms with E-state index in [4.69, 9.17) is 17.1 Å². The van der Waals surface area contributed by atoms with Gasteiger partial charge < -0.3 is 0 Å². The molecule has 2 rings (SSSR count). The first-order valence-corrected chi connectivity index (χ1v) is 5.08. The molecule has 1 fully saturated rings. The largest absolute Gasteiger partial charge is 0.333 e. The topological polar surface area (TPSA) is 67.4 Å². The second-order valence-electron chi connectivity index (χ2n) is 3.63. The van der Waals surface area contributed by atoms with E-state index in [0.717, 1.165) is 0 Å². The van der Waals surface area contributed by atoms with Crippen molar-refractivity contribution < 1.29 is 9.18 Å². The number of carbonyl (C=O) groups excluding carboxylic acids is 1. The highest BCUT2D eigenvalue weighted by Crippen LogP contribution is 2.49. The highest BCUT2D eigenvalue weighted by molar-refractivity contribution is 6.30. The van der Waals surface area contributed by atoms with Crippen LogP contribution in [0.3, 0.4) is 0 Å². The number of rotatable bonds is 2. The summed E-state index contributed by atoms with van der Waals surface area (Å²) in [6, 6.07) is 4.71. The average Bonchev–Trinajstić information content (AvgIpc) is 3.02. The lowest BCUT2D eigenvalue weighted by Gasteiger charge is -2.01. The standard InChI is InChI=1S/C10H8ClFN3O/c11-8-3-1-2-5(9(8)12)6-4-7(6)10(16)14-15-13/h1-3,6-7,13H,4H2/q+1. The molecule has 0 spiro atoms. The fourth-order valence-corrected chi connectivity index (χ4v) is 1.92. The van der Waals surface area contributed by atoms with Crippen LogP contribution < -0.4 is 4.91 Å². The number of nitrogens with zero attached hydrogens (tertiary/aromatic N) is 2. The molecule has 0 saturated heterocycles. The van der Waals surface area contributed by atoms with Gasteiger partial charge in [-0.05, 0) is 24.0 Å². The first kappa shape index (κ1) is 10.9. The van der Waals surface area contributed by atoms with Gasteiger partial charge in [-0.3, -0.25) is 4.79 Å². The van der Waals surface area contributed by atoms with Gasteiger partial charge in [0.2, 0.25) is 4.91 Å². The van der Waals surface area contributed by atoms with E-state index in [1.54, 1.807) is 12.1 Å². The zero-order valence-electron chi connectivity index (χ0n) is 8.15. The number of nitrogens with one attached hydrogen (secondary N) is 1. The Morgan fingerprint density at radius 3 is 3.06 bits per heavy atom. The summed E-state index contributed by atoms with van der Waals surface area (Å²) >= 11 is 5.64. The molecule has 1 aliphatic carbocycles. The average molecular weight is 241 g/mol. The number of halogens is 2. The Hall–Kier alpha value is -1.58. The molecule has 6 heteroatoms. The fourth-order valence-electron chi connectivity index (χ4n) is 1.74. The molecule has 82 valence electrons. The summed E-state index contributed by atoms with van der Waals surface area (Å²) in [6.07, 6.45) is 0.537. The van der Waals surface area contributed by atoms with Crippen LogP contribution in [0.5, 0.6) is 0 Å². The third-order valence-electron chi connectivity index (χ3n) is 2.64. The van der Waals surface area contributed by atoms with Gasteiger partial charge in [0.15, 0.2) is 5.11 Å². The van der Waals surface area contributed by atoms with Crippen LogP contribution in [-0.2, 0) is 4.79 Å². The minimum Gasteiger partial charge on any atom is -0.264 e. The Bertz CT molecular complexity index is 499. The highest BCUT2D eigenvalue weighted by Gasteiger charge is 2.47. The van der Waals surface area contributed by atoms with E-state index < -0.39 is 11.7 Å². The molecule has 0 bridgehead atoms. The smallest absolute Gasteiger partial charge is 0.264 e. The predicted octanol–water partition coefficient (Wildman–Crippen LogP) is 2.66.